The Balaban J connectivity index is 1.69. The first kappa shape index (κ1) is 14.9. The van der Waals surface area contributed by atoms with Crippen LogP contribution >= 0.6 is 0 Å². The number of ether oxygens (including phenoxy) is 2. The van der Waals surface area contributed by atoms with E-state index in [2.05, 4.69) is 22.5 Å². The molecule has 0 aromatic rings. The molecule has 0 spiro atoms. The summed E-state index contributed by atoms with van der Waals surface area (Å²) in [7, 11) is 0. The summed E-state index contributed by atoms with van der Waals surface area (Å²) in [6.45, 7) is 2.34. The molecule has 2 nitrogen and oxygen atoms in total. The molecule has 1 aliphatic carbocycles. The van der Waals surface area contributed by atoms with Gasteiger partial charge < -0.3 is 0 Å². The van der Waals surface area contributed by atoms with Gasteiger partial charge in [0, 0.05) is 5.92 Å². The molecule has 0 aromatic heterocycles. The SMILES string of the molecule is CCCC1CCC(C=CC2COC(F)(F)OC2)CC1. The van der Waals surface area contributed by atoms with Crippen molar-refractivity contribution < 1.29 is 18.3 Å². The van der Waals surface area contributed by atoms with E-state index in [-0.39, 0.29) is 19.1 Å². The fourth-order valence-electron chi connectivity index (χ4n) is 3.00. The van der Waals surface area contributed by atoms with E-state index in [0.29, 0.717) is 5.92 Å². The Bertz CT molecular complexity index is 287. The lowest BCUT2D eigenvalue weighted by Gasteiger charge is -2.28. The molecule has 0 N–H and O–H groups in total. The van der Waals surface area contributed by atoms with Crippen LogP contribution in [-0.4, -0.2) is 19.5 Å². The third-order valence-electron chi connectivity index (χ3n) is 4.17. The minimum atomic E-state index is -3.39. The molecule has 2 aliphatic rings. The van der Waals surface area contributed by atoms with E-state index in [1.54, 1.807) is 0 Å². The van der Waals surface area contributed by atoms with E-state index in [1.807, 2.05) is 6.08 Å². The van der Waals surface area contributed by atoms with Crippen molar-refractivity contribution in [1.29, 1.82) is 0 Å². The first-order chi connectivity index (χ1) is 9.09. The Labute approximate surface area is 114 Å². The molecule has 0 bridgehead atoms. The Morgan fingerprint density at radius 3 is 2.16 bits per heavy atom. The van der Waals surface area contributed by atoms with Gasteiger partial charge in [-0.1, -0.05) is 31.9 Å². The molecular formula is C15H24F2O2. The number of halogens is 2. The second-order valence-corrected chi connectivity index (χ2v) is 5.80. The molecule has 0 atom stereocenters. The quantitative estimate of drug-likeness (QED) is 0.709. The van der Waals surface area contributed by atoms with Crippen LogP contribution in [0.4, 0.5) is 8.78 Å². The van der Waals surface area contributed by atoms with E-state index in [9.17, 15) is 8.78 Å². The number of alkyl halides is 2. The van der Waals surface area contributed by atoms with Crippen molar-refractivity contribution in [2.75, 3.05) is 13.2 Å². The van der Waals surface area contributed by atoms with E-state index in [4.69, 9.17) is 0 Å². The van der Waals surface area contributed by atoms with Crippen molar-refractivity contribution in [1.82, 2.24) is 0 Å². The fraction of sp³-hybridized carbons (Fsp3) is 0.867. The van der Waals surface area contributed by atoms with Crippen LogP contribution in [0.15, 0.2) is 12.2 Å². The summed E-state index contributed by atoms with van der Waals surface area (Å²) in [5.41, 5.74) is 0. The summed E-state index contributed by atoms with van der Waals surface area (Å²) >= 11 is 0. The van der Waals surface area contributed by atoms with Crippen molar-refractivity contribution in [3.05, 3.63) is 12.2 Å². The maximum absolute atomic E-state index is 12.6. The zero-order valence-electron chi connectivity index (χ0n) is 11.6. The first-order valence-electron chi connectivity index (χ1n) is 7.43. The molecule has 19 heavy (non-hydrogen) atoms. The zero-order valence-corrected chi connectivity index (χ0v) is 11.6. The summed E-state index contributed by atoms with van der Waals surface area (Å²) in [4.78, 5) is 0. The molecule has 0 aromatic carbocycles. The number of hydrogen-bond donors (Lipinski definition) is 0. The third kappa shape index (κ3) is 4.84. The molecule has 2 fully saturated rings. The third-order valence-corrected chi connectivity index (χ3v) is 4.17. The largest absolute Gasteiger partial charge is 0.485 e. The van der Waals surface area contributed by atoms with Crippen LogP contribution in [0, 0.1) is 17.8 Å². The molecule has 0 radical (unpaired) electrons. The maximum Gasteiger partial charge on any atom is 0.485 e. The summed E-state index contributed by atoms with van der Waals surface area (Å²) in [6.07, 6.45) is 8.48. The summed E-state index contributed by atoms with van der Waals surface area (Å²) < 4.78 is 34.0. The van der Waals surface area contributed by atoms with Crippen LogP contribution in [0.3, 0.4) is 0 Å². The van der Waals surface area contributed by atoms with E-state index < -0.39 is 6.29 Å². The van der Waals surface area contributed by atoms with Crippen LogP contribution in [0.1, 0.15) is 45.4 Å². The van der Waals surface area contributed by atoms with Gasteiger partial charge in [0.05, 0.1) is 13.2 Å². The fourth-order valence-corrected chi connectivity index (χ4v) is 3.00. The molecular weight excluding hydrogens is 250 g/mol. The predicted molar refractivity (Wildman–Crippen MR) is 69.8 cm³/mol. The minimum Gasteiger partial charge on any atom is -0.295 e. The van der Waals surface area contributed by atoms with Gasteiger partial charge >= 0.3 is 6.29 Å². The minimum absolute atomic E-state index is 0.0343. The lowest BCUT2D eigenvalue weighted by Crippen LogP contribution is -2.36. The number of rotatable bonds is 4. The van der Waals surface area contributed by atoms with Crippen molar-refractivity contribution in [3.63, 3.8) is 0 Å². The molecule has 4 heteroatoms. The molecule has 1 heterocycles. The normalized spacial score (nSPS) is 32.8. The second-order valence-electron chi connectivity index (χ2n) is 5.80. The van der Waals surface area contributed by atoms with Gasteiger partial charge in [-0.25, -0.2) is 0 Å². The highest BCUT2D eigenvalue weighted by molar-refractivity contribution is 4.95. The first-order valence-corrected chi connectivity index (χ1v) is 7.43. The molecule has 2 rings (SSSR count). The van der Waals surface area contributed by atoms with Crippen LogP contribution < -0.4 is 0 Å². The highest BCUT2D eigenvalue weighted by Crippen LogP contribution is 2.33. The predicted octanol–water partition coefficient (Wildman–Crippen LogP) is 4.36. The Hall–Kier alpha value is -0.480. The number of allylic oxidation sites excluding steroid dienone is 1. The molecule has 110 valence electrons. The van der Waals surface area contributed by atoms with Crippen molar-refractivity contribution in [3.8, 4) is 0 Å². The lowest BCUT2D eigenvalue weighted by atomic mass is 9.80. The summed E-state index contributed by atoms with van der Waals surface area (Å²) in [5.74, 6) is 1.47. The molecule has 1 saturated heterocycles. The van der Waals surface area contributed by atoms with Gasteiger partial charge in [0.25, 0.3) is 0 Å². The van der Waals surface area contributed by atoms with Crippen LogP contribution in [0.25, 0.3) is 0 Å². The van der Waals surface area contributed by atoms with Gasteiger partial charge in [-0.15, -0.1) is 8.78 Å². The summed E-state index contributed by atoms with van der Waals surface area (Å²) in [5, 5.41) is 0. The van der Waals surface area contributed by atoms with Gasteiger partial charge in [-0.05, 0) is 37.5 Å². The Kier molecular flexibility index (Phi) is 5.34. The van der Waals surface area contributed by atoms with Gasteiger partial charge in [0.1, 0.15) is 0 Å². The number of hydrogen-bond acceptors (Lipinski definition) is 2. The molecule has 0 amide bonds. The van der Waals surface area contributed by atoms with Gasteiger partial charge in [-0.2, -0.15) is 0 Å². The standard InChI is InChI=1S/C15H24F2O2/c1-2-3-12-4-6-13(7-5-12)8-9-14-10-18-15(16,17)19-11-14/h8-9,12-14H,2-7,10-11H2,1H3. The summed E-state index contributed by atoms with van der Waals surface area (Å²) in [6, 6.07) is 0. The highest BCUT2D eigenvalue weighted by atomic mass is 19.3. The van der Waals surface area contributed by atoms with Gasteiger partial charge in [-0.3, -0.25) is 9.47 Å². The van der Waals surface area contributed by atoms with Crippen molar-refractivity contribution in [2.24, 2.45) is 17.8 Å². The topological polar surface area (TPSA) is 18.5 Å². The van der Waals surface area contributed by atoms with Gasteiger partial charge in [0.15, 0.2) is 0 Å². The van der Waals surface area contributed by atoms with Crippen molar-refractivity contribution in [2.45, 2.75) is 51.7 Å². The average molecular weight is 274 g/mol. The van der Waals surface area contributed by atoms with Crippen molar-refractivity contribution >= 4 is 0 Å². The zero-order chi connectivity index (χ0) is 13.7. The second kappa shape index (κ2) is 6.80. The highest BCUT2D eigenvalue weighted by Gasteiger charge is 2.37. The average Bonchev–Trinajstić information content (AvgIpc) is 2.40. The van der Waals surface area contributed by atoms with Gasteiger partial charge in [0.2, 0.25) is 0 Å². The van der Waals surface area contributed by atoms with Crippen LogP contribution in [-0.2, 0) is 9.47 Å². The maximum atomic E-state index is 12.6. The Morgan fingerprint density at radius 1 is 1.00 bits per heavy atom. The smallest absolute Gasteiger partial charge is 0.295 e. The Morgan fingerprint density at radius 2 is 1.58 bits per heavy atom. The van der Waals surface area contributed by atoms with Crippen LogP contribution in [0.5, 0.6) is 0 Å². The molecule has 0 unspecified atom stereocenters. The lowest BCUT2D eigenvalue weighted by molar-refractivity contribution is -0.417. The van der Waals surface area contributed by atoms with E-state index in [0.717, 1.165) is 5.92 Å². The van der Waals surface area contributed by atoms with Crippen LogP contribution in [0.2, 0.25) is 0 Å². The van der Waals surface area contributed by atoms with E-state index in [1.165, 1.54) is 38.5 Å². The molecule has 1 saturated carbocycles. The van der Waals surface area contributed by atoms with E-state index >= 15 is 0 Å². The molecule has 1 aliphatic heterocycles. The monoisotopic (exact) mass is 274 g/mol.